The molecule has 0 fully saturated rings. The van der Waals surface area contributed by atoms with E-state index in [1.54, 1.807) is 18.2 Å². The number of hydrogen-bond acceptors (Lipinski definition) is 3. The Bertz CT molecular complexity index is 917. The Kier molecular flexibility index (Phi) is 6.15. The van der Waals surface area contributed by atoms with Gasteiger partial charge >= 0.3 is 0 Å². The third-order valence-electron chi connectivity index (χ3n) is 4.35. The molecule has 0 radical (unpaired) electrons. The molecule has 3 rings (SSSR count). The molecule has 3 aromatic carbocycles. The maximum absolute atomic E-state index is 10.3. The Hall–Kier alpha value is -2.36. The highest BCUT2D eigenvalue weighted by molar-refractivity contribution is 6.36. The van der Waals surface area contributed by atoms with E-state index in [0.717, 1.165) is 27.9 Å². The lowest BCUT2D eigenvalue weighted by Crippen LogP contribution is -1.96. The van der Waals surface area contributed by atoms with Gasteiger partial charge in [0, 0.05) is 34.8 Å². The van der Waals surface area contributed by atoms with Crippen LogP contribution in [0.15, 0.2) is 54.6 Å². The van der Waals surface area contributed by atoms with Gasteiger partial charge in [-0.3, -0.25) is 0 Å². The first-order valence-corrected chi connectivity index (χ1v) is 9.48. The second-order valence-corrected chi connectivity index (χ2v) is 6.97. The van der Waals surface area contributed by atoms with Crippen molar-refractivity contribution in [2.24, 2.45) is 0 Å². The van der Waals surface area contributed by atoms with E-state index in [-0.39, 0.29) is 5.75 Å². The zero-order valence-corrected chi connectivity index (χ0v) is 16.7. The Labute approximate surface area is 169 Å². The second kappa shape index (κ2) is 8.55. The molecule has 0 aromatic heterocycles. The first-order chi connectivity index (χ1) is 13.0. The molecule has 0 amide bonds. The molecule has 27 heavy (non-hydrogen) atoms. The number of ether oxygens (including phenoxy) is 1. The minimum Gasteiger partial charge on any atom is -0.507 e. The molecule has 0 saturated heterocycles. The molecule has 0 unspecified atom stereocenters. The molecule has 3 nitrogen and oxygen atoms in total. The lowest BCUT2D eigenvalue weighted by Gasteiger charge is -2.13. The smallest absolute Gasteiger partial charge is 0.123 e. The zero-order chi connectivity index (χ0) is 19.4. The largest absolute Gasteiger partial charge is 0.507 e. The molecular formula is C22H21Cl2NO2. The Morgan fingerprint density at radius 3 is 2.22 bits per heavy atom. The number of aromatic hydroxyl groups is 1. The summed E-state index contributed by atoms with van der Waals surface area (Å²) in [6.07, 6.45) is 0.561. The van der Waals surface area contributed by atoms with Crippen molar-refractivity contribution in [3.63, 3.8) is 0 Å². The summed E-state index contributed by atoms with van der Waals surface area (Å²) in [5, 5.41) is 14.5. The molecule has 0 aliphatic carbocycles. The minimum atomic E-state index is 0.236. The molecule has 5 heteroatoms. The van der Waals surface area contributed by atoms with Gasteiger partial charge in [0.15, 0.2) is 0 Å². The van der Waals surface area contributed by atoms with Crippen LogP contribution in [0.1, 0.15) is 18.1 Å². The highest BCUT2D eigenvalue weighted by Gasteiger charge is 2.12. The van der Waals surface area contributed by atoms with Crippen molar-refractivity contribution in [2.75, 3.05) is 19.0 Å². The van der Waals surface area contributed by atoms with Crippen molar-refractivity contribution in [1.29, 1.82) is 0 Å². The summed E-state index contributed by atoms with van der Waals surface area (Å²) in [5.74, 6) is 0.895. The molecule has 0 atom stereocenters. The zero-order valence-electron chi connectivity index (χ0n) is 15.2. The highest BCUT2D eigenvalue weighted by Crippen LogP contribution is 2.35. The van der Waals surface area contributed by atoms with Crippen LogP contribution in [0.5, 0.6) is 11.5 Å². The monoisotopic (exact) mass is 401 g/mol. The van der Waals surface area contributed by atoms with E-state index in [0.29, 0.717) is 28.8 Å². The van der Waals surface area contributed by atoms with Crippen LogP contribution in [0.4, 0.5) is 5.69 Å². The van der Waals surface area contributed by atoms with Gasteiger partial charge in [0.2, 0.25) is 0 Å². The van der Waals surface area contributed by atoms with Crippen molar-refractivity contribution in [1.82, 2.24) is 0 Å². The van der Waals surface area contributed by atoms with Gasteiger partial charge in [0.05, 0.1) is 6.61 Å². The van der Waals surface area contributed by atoms with Crippen molar-refractivity contribution < 1.29 is 9.84 Å². The summed E-state index contributed by atoms with van der Waals surface area (Å²) in [5.41, 5.74) is 4.57. The molecule has 0 bridgehead atoms. The van der Waals surface area contributed by atoms with E-state index in [1.165, 1.54) is 0 Å². The summed E-state index contributed by atoms with van der Waals surface area (Å²) < 4.78 is 5.48. The van der Waals surface area contributed by atoms with E-state index in [4.69, 9.17) is 27.9 Å². The molecule has 0 spiro atoms. The van der Waals surface area contributed by atoms with Gasteiger partial charge in [0.1, 0.15) is 11.5 Å². The van der Waals surface area contributed by atoms with Crippen molar-refractivity contribution >= 4 is 28.9 Å². The fraction of sp³-hybridized carbons (Fsp3) is 0.182. The molecule has 0 aliphatic heterocycles. The molecular weight excluding hydrogens is 381 g/mol. The van der Waals surface area contributed by atoms with E-state index < -0.39 is 0 Å². The standard InChI is InChI=1S/C22H21Cl2NO2/c1-3-27-17-12-20(23)19(21(24)13-17)11-14-4-9-22(26)18(10-14)15-5-7-16(25-2)8-6-15/h4-10,12-13,25-26H,3,11H2,1-2H3. The number of hydrogen-bond donors (Lipinski definition) is 2. The second-order valence-electron chi connectivity index (χ2n) is 6.15. The summed E-state index contributed by atoms with van der Waals surface area (Å²) in [4.78, 5) is 0. The van der Waals surface area contributed by atoms with Gasteiger partial charge in [-0.1, -0.05) is 41.4 Å². The van der Waals surface area contributed by atoms with Crippen LogP contribution in [-0.2, 0) is 6.42 Å². The van der Waals surface area contributed by atoms with Crippen LogP contribution in [-0.4, -0.2) is 18.8 Å². The highest BCUT2D eigenvalue weighted by atomic mass is 35.5. The summed E-state index contributed by atoms with van der Waals surface area (Å²) >= 11 is 12.8. The number of anilines is 1. The predicted molar refractivity (Wildman–Crippen MR) is 114 cm³/mol. The fourth-order valence-electron chi connectivity index (χ4n) is 2.94. The number of halogens is 2. The summed E-state index contributed by atoms with van der Waals surface area (Å²) in [6, 6.07) is 17.0. The van der Waals surface area contributed by atoms with Gasteiger partial charge in [-0.05, 0) is 60.0 Å². The summed E-state index contributed by atoms with van der Waals surface area (Å²) in [6.45, 7) is 2.47. The number of nitrogens with one attached hydrogen (secondary N) is 1. The Balaban J connectivity index is 1.92. The van der Waals surface area contributed by atoms with Gasteiger partial charge < -0.3 is 15.2 Å². The van der Waals surface area contributed by atoms with Crippen LogP contribution >= 0.6 is 23.2 Å². The molecule has 0 aliphatic rings. The van der Waals surface area contributed by atoms with Gasteiger partial charge in [0.25, 0.3) is 0 Å². The van der Waals surface area contributed by atoms with Gasteiger partial charge in [-0.15, -0.1) is 0 Å². The third-order valence-corrected chi connectivity index (χ3v) is 5.03. The van der Waals surface area contributed by atoms with Crippen LogP contribution < -0.4 is 10.1 Å². The minimum absolute atomic E-state index is 0.236. The lowest BCUT2D eigenvalue weighted by molar-refractivity contribution is 0.340. The van der Waals surface area contributed by atoms with E-state index in [9.17, 15) is 5.11 Å². The number of phenolic OH excluding ortho intramolecular Hbond substituents is 1. The predicted octanol–water partition coefficient (Wildman–Crippen LogP) is 6.40. The van der Waals surface area contributed by atoms with Crippen LogP contribution in [0, 0.1) is 0 Å². The van der Waals surface area contributed by atoms with Crippen molar-refractivity contribution in [2.45, 2.75) is 13.3 Å². The first kappa shape index (κ1) is 19.4. The number of phenols is 1. The van der Waals surface area contributed by atoms with E-state index in [2.05, 4.69) is 5.32 Å². The summed E-state index contributed by atoms with van der Waals surface area (Å²) in [7, 11) is 1.87. The fourth-order valence-corrected chi connectivity index (χ4v) is 3.54. The van der Waals surface area contributed by atoms with E-state index >= 15 is 0 Å². The average Bonchev–Trinajstić information content (AvgIpc) is 2.66. The quantitative estimate of drug-likeness (QED) is 0.502. The maximum Gasteiger partial charge on any atom is 0.123 e. The van der Waals surface area contributed by atoms with Crippen molar-refractivity contribution in [3.05, 3.63) is 75.8 Å². The number of rotatable bonds is 6. The molecule has 0 saturated carbocycles. The molecule has 2 N–H and O–H groups in total. The van der Waals surface area contributed by atoms with Crippen LogP contribution in [0.3, 0.4) is 0 Å². The van der Waals surface area contributed by atoms with Crippen molar-refractivity contribution in [3.8, 4) is 22.6 Å². The lowest BCUT2D eigenvalue weighted by atomic mass is 9.98. The molecule has 0 heterocycles. The molecule has 3 aromatic rings. The van der Waals surface area contributed by atoms with Crippen LogP contribution in [0.25, 0.3) is 11.1 Å². The average molecular weight is 402 g/mol. The maximum atomic E-state index is 10.3. The molecule has 140 valence electrons. The normalized spacial score (nSPS) is 10.7. The third kappa shape index (κ3) is 4.49. The van der Waals surface area contributed by atoms with Crippen LogP contribution in [0.2, 0.25) is 10.0 Å². The number of benzene rings is 3. The Morgan fingerprint density at radius 1 is 0.963 bits per heavy atom. The SMILES string of the molecule is CCOc1cc(Cl)c(Cc2ccc(O)c(-c3ccc(NC)cc3)c2)c(Cl)c1. The van der Waals surface area contributed by atoms with Gasteiger partial charge in [-0.2, -0.15) is 0 Å². The first-order valence-electron chi connectivity index (χ1n) is 8.72. The van der Waals surface area contributed by atoms with E-state index in [1.807, 2.05) is 50.4 Å². The Morgan fingerprint density at radius 2 is 1.63 bits per heavy atom. The topological polar surface area (TPSA) is 41.5 Å². The van der Waals surface area contributed by atoms with Gasteiger partial charge in [-0.25, -0.2) is 0 Å².